The Morgan fingerprint density at radius 2 is 2.19 bits per heavy atom. The van der Waals surface area contributed by atoms with Crippen LogP contribution in [0.3, 0.4) is 0 Å². The summed E-state index contributed by atoms with van der Waals surface area (Å²) in [4.78, 5) is 17.8. The minimum atomic E-state index is -5.15. The summed E-state index contributed by atoms with van der Waals surface area (Å²) in [5, 5.41) is 0. The third-order valence-corrected chi connectivity index (χ3v) is 3.44. The van der Waals surface area contributed by atoms with Gasteiger partial charge in [0.15, 0.2) is 5.75 Å². The van der Waals surface area contributed by atoms with Gasteiger partial charge in [0.1, 0.15) is 0 Å². The number of nitrogens with zero attached hydrogens (tertiary/aromatic N) is 2. The highest BCUT2D eigenvalue weighted by Gasteiger charge is 2.34. The number of amides is 1. The molecule has 2 rings (SSSR count). The molecule has 1 aromatic rings. The molecule has 1 fully saturated rings. The van der Waals surface area contributed by atoms with E-state index in [-0.39, 0.29) is 17.2 Å². The molecule has 0 bridgehead atoms. The largest absolute Gasteiger partial charge is 0.488 e. The van der Waals surface area contributed by atoms with Crippen molar-refractivity contribution in [1.82, 2.24) is 9.88 Å². The maximum absolute atomic E-state index is 12.5. The first-order valence-electron chi connectivity index (χ1n) is 6.18. The minimum absolute atomic E-state index is 0.117. The van der Waals surface area contributed by atoms with E-state index in [4.69, 9.17) is 4.74 Å². The van der Waals surface area contributed by atoms with Crippen molar-refractivity contribution in [3.8, 4) is 5.75 Å². The molecule has 0 spiro atoms. The van der Waals surface area contributed by atoms with E-state index in [0.29, 0.717) is 19.8 Å². The molecule has 0 atom stereocenters. The first-order valence-corrected chi connectivity index (χ1v) is 7.49. The van der Waals surface area contributed by atoms with E-state index in [1.54, 1.807) is 4.90 Å². The minimum Gasteiger partial charge on any atom is -0.377 e. The zero-order chi connectivity index (χ0) is 15.7. The lowest BCUT2D eigenvalue weighted by Crippen LogP contribution is -2.55. The van der Waals surface area contributed by atoms with Crippen LogP contribution in [0.15, 0.2) is 18.5 Å². The van der Waals surface area contributed by atoms with Crippen molar-refractivity contribution in [2.45, 2.75) is 19.4 Å². The highest BCUT2D eigenvalue weighted by Crippen LogP contribution is 2.23. The average molecular weight is 318 g/mol. The maximum atomic E-state index is 12.5. The smallest absolute Gasteiger partial charge is 0.377 e. The number of morpholine rings is 1. The fourth-order valence-electron chi connectivity index (χ4n) is 2.09. The fraction of sp³-hybridized carbons (Fsp3) is 0.500. The third-order valence-electron chi connectivity index (χ3n) is 3.05. The summed E-state index contributed by atoms with van der Waals surface area (Å²) < 4.78 is 42.8. The zero-order valence-corrected chi connectivity index (χ0v) is 12.4. The number of hydrogen-bond donors (Lipinski definition) is 0. The Kier molecular flexibility index (Phi) is 4.15. The lowest BCUT2D eigenvalue weighted by molar-refractivity contribution is -0.0370. The van der Waals surface area contributed by atoms with E-state index in [0.717, 1.165) is 12.3 Å². The molecule has 2 heterocycles. The summed E-state index contributed by atoms with van der Waals surface area (Å²) in [5.41, 5.74) is -0.385. The van der Waals surface area contributed by atoms with Crippen LogP contribution >= 0.6 is 0 Å². The first kappa shape index (κ1) is 15.6. The molecule has 0 aliphatic carbocycles. The van der Waals surface area contributed by atoms with Crippen LogP contribution in [-0.2, 0) is 15.2 Å². The predicted octanol–water partition coefficient (Wildman–Crippen LogP) is 0.926. The van der Waals surface area contributed by atoms with Crippen molar-refractivity contribution in [3.05, 3.63) is 24.0 Å². The van der Waals surface area contributed by atoms with Gasteiger partial charge in [-0.05, 0) is 19.9 Å². The molecule has 7 nitrogen and oxygen atoms in total. The summed E-state index contributed by atoms with van der Waals surface area (Å²) in [6, 6.07) is 1.14. The summed E-state index contributed by atoms with van der Waals surface area (Å²) in [7, 11) is -5.15. The maximum Gasteiger partial charge on any atom is 0.488 e. The van der Waals surface area contributed by atoms with E-state index in [2.05, 4.69) is 9.17 Å². The third kappa shape index (κ3) is 3.88. The van der Waals surface area contributed by atoms with Gasteiger partial charge in [-0.3, -0.25) is 9.78 Å². The van der Waals surface area contributed by atoms with Crippen LogP contribution in [0, 0.1) is 0 Å². The lowest BCUT2D eigenvalue weighted by atomic mass is 10.0. The van der Waals surface area contributed by atoms with Crippen molar-refractivity contribution in [3.63, 3.8) is 0 Å². The van der Waals surface area contributed by atoms with E-state index >= 15 is 0 Å². The second-order valence-electron chi connectivity index (χ2n) is 5.21. The quantitative estimate of drug-likeness (QED) is 0.771. The van der Waals surface area contributed by atoms with Gasteiger partial charge >= 0.3 is 10.5 Å². The Bertz CT molecular complexity index is 647. The van der Waals surface area contributed by atoms with Gasteiger partial charge in [0.25, 0.3) is 5.91 Å². The molecule has 0 aromatic carbocycles. The Hall–Kier alpha value is -1.74. The normalized spacial score (nSPS) is 18.3. The number of halogens is 1. The Labute approximate surface area is 122 Å². The van der Waals surface area contributed by atoms with Crippen molar-refractivity contribution < 1.29 is 26.0 Å². The van der Waals surface area contributed by atoms with Gasteiger partial charge in [-0.1, -0.05) is 3.89 Å². The Morgan fingerprint density at radius 1 is 1.48 bits per heavy atom. The number of rotatable bonds is 3. The number of hydrogen-bond acceptors (Lipinski definition) is 6. The molecule has 1 aliphatic heterocycles. The molecule has 116 valence electrons. The summed E-state index contributed by atoms with van der Waals surface area (Å²) in [5.74, 6) is -0.702. The highest BCUT2D eigenvalue weighted by atomic mass is 32.3. The van der Waals surface area contributed by atoms with Crippen LogP contribution in [0.2, 0.25) is 0 Å². The average Bonchev–Trinajstić information content (AvgIpc) is 2.36. The van der Waals surface area contributed by atoms with Crippen LogP contribution in [0.25, 0.3) is 0 Å². The zero-order valence-electron chi connectivity index (χ0n) is 11.6. The molecule has 1 aromatic heterocycles. The SMILES string of the molecule is CC1(C)COCCN1C(=O)c1cncc(OS(=O)(=O)F)c1. The van der Waals surface area contributed by atoms with Gasteiger partial charge in [-0.2, -0.15) is 8.42 Å². The molecular formula is C12H15FN2O5S. The van der Waals surface area contributed by atoms with Crippen molar-refractivity contribution in [1.29, 1.82) is 0 Å². The van der Waals surface area contributed by atoms with Gasteiger partial charge in [0.2, 0.25) is 0 Å². The van der Waals surface area contributed by atoms with Crippen LogP contribution in [0.1, 0.15) is 24.2 Å². The number of ether oxygens (including phenoxy) is 1. The van der Waals surface area contributed by atoms with Crippen molar-refractivity contribution in [2.24, 2.45) is 0 Å². The molecule has 0 saturated carbocycles. The number of pyridine rings is 1. The number of aromatic nitrogens is 1. The second kappa shape index (κ2) is 5.57. The number of carbonyl (C=O) groups is 1. The van der Waals surface area contributed by atoms with Crippen LogP contribution in [-0.4, -0.2) is 49.5 Å². The van der Waals surface area contributed by atoms with Crippen LogP contribution in [0.4, 0.5) is 3.89 Å². The van der Waals surface area contributed by atoms with E-state index in [9.17, 15) is 17.1 Å². The van der Waals surface area contributed by atoms with Crippen LogP contribution < -0.4 is 4.18 Å². The molecular weight excluding hydrogens is 303 g/mol. The van der Waals surface area contributed by atoms with Crippen LogP contribution in [0.5, 0.6) is 5.75 Å². The summed E-state index contributed by atoms with van der Waals surface area (Å²) in [6.45, 7) is 4.91. The van der Waals surface area contributed by atoms with E-state index in [1.807, 2.05) is 13.8 Å². The second-order valence-corrected chi connectivity index (χ2v) is 6.16. The summed E-state index contributed by atoms with van der Waals surface area (Å²) in [6.07, 6.45) is 2.28. The first-order chi connectivity index (χ1) is 9.69. The molecule has 0 unspecified atom stereocenters. The highest BCUT2D eigenvalue weighted by molar-refractivity contribution is 7.81. The van der Waals surface area contributed by atoms with Crippen molar-refractivity contribution >= 4 is 16.4 Å². The fourth-order valence-corrected chi connectivity index (χ4v) is 2.41. The molecule has 1 amide bonds. The molecule has 1 saturated heterocycles. The summed E-state index contributed by atoms with van der Waals surface area (Å²) >= 11 is 0. The van der Waals surface area contributed by atoms with E-state index in [1.165, 1.54) is 6.20 Å². The number of carbonyl (C=O) groups excluding carboxylic acids is 1. The van der Waals surface area contributed by atoms with E-state index < -0.39 is 16.0 Å². The van der Waals surface area contributed by atoms with Gasteiger partial charge in [-0.15, -0.1) is 0 Å². The Balaban J connectivity index is 2.25. The van der Waals surface area contributed by atoms with Crippen molar-refractivity contribution in [2.75, 3.05) is 19.8 Å². The predicted molar refractivity (Wildman–Crippen MR) is 70.8 cm³/mol. The van der Waals surface area contributed by atoms with Gasteiger partial charge < -0.3 is 13.8 Å². The van der Waals surface area contributed by atoms with Gasteiger partial charge in [0, 0.05) is 12.7 Å². The molecule has 1 aliphatic rings. The standard InChI is InChI=1S/C12H15FN2O5S/c1-12(2)8-19-4-3-15(12)11(16)9-5-10(7-14-6-9)20-21(13,17)18/h5-7H,3-4,8H2,1-2H3. The monoisotopic (exact) mass is 318 g/mol. The van der Waals surface area contributed by atoms with Gasteiger partial charge in [0.05, 0.1) is 30.5 Å². The molecule has 0 radical (unpaired) electrons. The lowest BCUT2D eigenvalue weighted by Gasteiger charge is -2.42. The molecule has 21 heavy (non-hydrogen) atoms. The van der Waals surface area contributed by atoms with Gasteiger partial charge in [-0.25, -0.2) is 0 Å². The topological polar surface area (TPSA) is 85.8 Å². The molecule has 9 heteroatoms. The molecule has 0 N–H and O–H groups in total. The Morgan fingerprint density at radius 3 is 2.81 bits per heavy atom.